The minimum Gasteiger partial charge on any atom is -0.302 e. The van der Waals surface area contributed by atoms with Gasteiger partial charge >= 0.3 is 0 Å². The SMILES string of the molecule is Cc1cccc(-n2nnc3c(=O)n(CCN4CCCC4)cnc32)c1. The van der Waals surface area contributed by atoms with E-state index in [2.05, 4.69) is 20.2 Å². The average molecular weight is 324 g/mol. The number of fused-ring (bicyclic) bond motifs is 1. The first-order valence-electron chi connectivity index (χ1n) is 8.32. The number of hydrogen-bond acceptors (Lipinski definition) is 5. The van der Waals surface area contributed by atoms with Crippen LogP contribution in [0.2, 0.25) is 0 Å². The summed E-state index contributed by atoms with van der Waals surface area (Å²) in [6, 6.07) is 7.90. The van der Waals surface area contributed by atoms with Gasteiger partial charge in [0.05, 0.1) is 5.69 Å². The maximum atomic E-state index is 12.6. The number of aryl methyl sites for hydroxylation is 1. The van der Waals surface area contributed by atoms with Crippen molar-refractivity contribution in [1.82, 2.24) is 29.4 Å². The average Bonchev–Trinajstić information content (AvgIpc) is 3.24. The monoisotopic (exact) mass is 324 g/mol. The van der Waals surface area contributed by atoms with Crippen molar-refractivity contribution in [2.24, 2.45) is 0 Å². The molecule has 1 aliphatic heterocycles. The van der Waals surface area contributed by atoms with Crippen molar-refractivity contribution >= 4 is 11.2 Å². The van der Waals surface area contributed by atoms with Crippen molar-refractivity contribution in [1.29, 1.82) is 0 Å². The Morgan fingerprint density at radius 2 is 2.00 bits per heavy atom. The fraction of sp³-hybridized carbons (Fsp3) is 0.412. The molecule has 7 nitrogen and oxygen atoms in total. The number of nitrogens with zero attached hydrogens (tertiary/aromatic N) is 6. The van der Waals surface area contributed by atoms with Crippen LogP contribution in [0.4, 0.5) is 0 Å². The lowest BCUT2D eigenvalue weighted by molar-refractivity contribution is 0.320. The number of benzene rings is 1. The normalized spacial score (nSPS) is 15.4. The zero-order chi connectivity index (χ0) is 16.5. The van der Waals surface area contributed by atoms with Crippen molar-refractivity contribution in [3.63, 3.8) is 0 Å². The zero-order valence-corrected chi connectivity index (χ0v) is 13.7. The molecule has 1 fully saturated rings. The van der Waals surface area contributed by atoms with E-state index in [0.717, 1.165) is 30.9 Å². The van der Waals surface area contributed by atoms with E-state index in [1.54, 1.807) is 15.6 Å². The van der Waals surface area contributed by atoms with E-state index >= 15 is 0 Å². The zero-order valence-electron chi connectivity index (χ0n) is 13.7. The van der Waals surface area contributed by atoms with Gasteiger partial charge in [-0.25, -0.2) is 4.98 Å². The minimum atomic E-state index is -0.127. The second kappa shape index (κ2) is 6.16. The second-order valence-electron chi connectivity index (χ2n) is 6.30. The topological polar surface area (TPSA) is 68.8 Å². The van der Waals surface area contributed by atoms with Crippen LogP contribution in [0.25, 0.3) is 16.9 Å². The lowest BCUT2D eigenvalue weighted by atomic mass is 10.2. The largest absolute Gasteiger partial charge is 0.302 e. The summed E-state index contributed by atoms with van der Waals surface area (Å²) in [5.74, 6) is 0. The number of likely N-dealkylation sites (tertiary alicyclic amines) is 1. The quantitative estimate of drug-likeness (QED) is 0.725. The van der Waals surface area contributed by atoms with Gasteiger partial charge in [-0.1, -0.05) is 17.3 Å². The predicted molar refractivity (Wildman–Crippen MR) is 91.3 cm³/mol. The highest BCUT2D eigenvalue weighted by Gasteiger charge is 2.15. The summed E-state index contributed by atoms with van der Waals surface area (Å²) in [6.07, 6.45) is 4.10. The van der Waals surface area contributed by atoms with Crippen LogP contribution in [0.15, 0.2) is 35.4 Å². The maximum absolute atomic E-state index is 12.6. The van der Waals surface area contributed by atoms with E-state index in [0.29, 0.717) is 17.7 Å². The number of aromatic nitrogens is 5. The molecule has 0 unspecified atom stereocenters. The molecular weight excluding hydrogens is 304 g/mol. The van der Waals surface area contributed by atoms with Gasteiger partial charge in [-0.05, 0) is 50.6 Å². The molecule has 0 bridgehead atoms. The van der Waals surface area contributed by atoms with Gasteiger partial charge in [-0.2, -0.15) is 4.68 Å². The van der Waals surface area contributed by atoms with Gasteiger partial charge in [0.25, 0.3) is 5.56 Å². The molecule has 24 heavy (non-hydrogen) atoms. The molecule has 124 valence electrons. The van der Waals surface area contributed by atoms with Crippen molar-refractivity contribution < 1.29 is 0 Å². The second-order valence-corrected chi connectivity index (χ2v) is 6.30. The maximum Gasteiger partial charge on any atom is 0.283 e. The Morgan fingerprint density at radius 1 is 1.17 bits per heavy atom. The highest BCUT2D eigenvalue weighted by molar-refractivity contribution is 5.70. The molecule has 4 rings (SSSR count). The summed E-state index contributed by atoms with van der Waals surface area (Å²) in [5.41, 5.74) is 2.68. The first kappa shape index (κ1) is 15.0. The van der Waals surface area contributed by atoms with Crippen LogP contribution < -0.4 is 5.56 Å². The van der Waals surface area contributed by atoms with Crippen LogP contribution in [-0.4, -0.2) is 49.1 Å². The summed E-state index contributed by atoms with van der Waals surface area (Å²) in [7, 11) is 0. The fourth-order valence-electron chi connectivity index (χ4n) is 3.19. The highest BCUT2D eigenvalue weighted by Crippen LogP contribution is 2.13. The van der Waals surface area contributed by atoms with Gasteiger partial charge < -0.3 is 4.90 Å². The lowest BCUT2D eigenvalue weighted by Gasteiger charge is -2.14. The Morgan fingerprint density at radius 3 is 2.79 bits per heavy atom. The van der Waals surface area contributed by atoms with Crippen molar-refractivity contribution in [3.05, 3.63) is 46.5 Å². The van der Waals surface area contributed by atoms with Crippen LogP contribution >= 0.6 is 0 Å². The molecule has 0 spiro atoms. The molecular formula is C17H20N6O. The molecule has 3 heterocycles. The van der Waals surface area contributed by atoms with Gasteiger partial charge in [-0.15, -0.1) is 5.10 Å². The molecule has 0 N–H and O–H groups in total. The van der Waals surface area contributed by atoms with Gasteiger partial charge in [0.1, 0.15) is 6.33 Å². The summed E-state index contributed by atoms with van der Waals surface area (Å²) >= 11 is 0. The predicted octanol–water partition coefficient (Wildman–Crippen LogP) is 1.38. The van der Waals surface area contributed by atoms with Crippen LogP contribution in [0.5, 0.6) is 0 Å². The third kappa shape index (κ3) is 2.71. The first-order chi connectivity index (χ1) is 11.7. The Labute approximate surface area is 139 Å². The Hall–Kier alpha value is -2.54. The molecule has 0 radical (unpaired) electrons. The third-order valence-electron chi connectivity index (χ3n) is 4.53. The Balaban J connectivity index is 1.66. The summed E-state index contributed by atoms with van der Waals surface area (Å²) in [4.78, 5) is 19.4. The fourth-order valence-corrected chi connectivity index (χ4v) is 3.19. The molecule has 0 amide bonds. The minimum absolute atomic E-state index is 0.127. The van der Waals surface area contributed by atoms with E-state index in [1.807, 2.05) is 31.2 Å². The van der Waals surface area contributed by atoms with Crippen LogP contribution in [0, 0.1) is 6.92 Å². The summed E-state index contributed by atoms with van der Waals surface area (Å²) in [5, 5.41) is 8.19. The smallest absolute Gasteiger partial charge is 0.283 e. The molecule has 3 aromatic rings. The van der Waals surface area contributed by atoms with E-state index < -0.39 is 0 Å². The van der Waals surface area contributed by atoms with E-state index in [-0.39, 0.29) is 5.56 Å². The van der Waals surface area contributed by atoms with Crippen LogP contribution in [0.3, 0.4) is 0 Å². The summed E-state index contributed by atoms with van der Waals surface area (Å²) < 4.78 is 3.25. The standard InChI is InChI=1S/C17H20N6O/c1-13-5-4-6-14(11-13)23-16-15(19-20-23)17(24)22(12-18-16)10-9-21-7-2-3-8-21/h4-6,11-12H,2-3,7-10H2,1H3. The van der Waals surface area contributed by atoms with Gasteiger partial charge in [0.15, 0.2) is 11.2 Å². The van der Waals surface area contributed by atoms with Crippen LogP contribution in [-0.2, 0) is 6.54 Å². The van der Waals surface area contributed by atoms with Crippen molar-refractivity contribution in [2.45, 2.75) is 26.3 Å². The molecule has 0 atom stereocenters. The number of rotatable bonds is 4. The van der Waals surface area contributed by atoms with Crippen LogP contribution in [0.1, 0.15) is 18.4 Å². The van der Waals surface area contributed by atoms with E-state index in [4.69, 9.17) is 0 Å². The van der Waals surface area contributed by atoms with Gasteiger partial charge in [0, 0.05) is 13.1 Å². The molecule has 1 aliphatic rings. The van der Waals surface area contributed by atoms with E-state index in [9.17, 15) is 4.79 Å². The van der Waals surface area contributed by atoms with Crippen molar-refractivity contribution in [2.75, 3.05) is 19.6 Å². The van der Waals surface area contributed by atoms with Gasteiger partial charge in [-0.3, -0.25) is 9.36 Å². The van der Waals surface area contributed by atoms with Gasteiger partial charge in [0.2, 0.25) is 0 Å². The Bertz CT molecular complexity index is 922. The lowest BCUT2D eigenvalue weighted by Crippen LogP contribution is -2.29. The highest BCUT2D eigenvalue weighted by atomic mass is 16.1. The summed E-state index contributed by atoms with van der Waals surface area (Å²) in [6.45, 7) is 5.77. The molecule has 1 aromatic carbocycles. The first-order valence-corrected chi connectivity index (χ1v) is 8.32. The third-order valence-corrected chi connectivity index (χ3v) is 4.53. The van der Waals surface area contributed by atoms with Crippen molar-refractivity contribution in [3.8, 4) is 5.69 Å². The molecule has 7 heteroatoms. The molecule has 1 saturated heterocycles. The molecule has 0 saturated carbocycles. The Kier molecular flexibility index (Phi) is 3.86. The number of hydrogen-bond donors (Lipinski definition) is 0. The molecule has 2 aromatic heterocycles. The molecule has 0 aliphatic carbocycles. The van der Waals surface area contributed by atoms with E-state index in [1.165, 1.54) is 12.8 Å².